The number of aromatic nitrogens is 3. The third kappa shape index (κ3) is 4.57. The molecular weight excluding hydrogens is 393 g/mol. The van der Waals surface area contributed by atoms with E-state index in [-0.39, 0.29) is 12.1 Å². The standard InChI is InChI=1S/C18H17F3N4O2S/c1-13-7-8-15(9-16(13)18(19,20)21)28(26,27)24-17(10-25-12-22-11-23-25)14-5-3-2-4-6-14/h2-9,11-12,17,24H,10H2,1H3. The van der Waals surface area contributed by atoms with Gasteiger partial charge in [0.05, 0.1) is 23.0 Å². The molecule has 2 aromatic carbocycles. The van der Waals surface area contributed by atoms with Gasteiger partial charge in [-0.15, -0.1) is 0 Å². The van der Waals surface area contributed by atoms with Crippen molar-refractivity contribution in [3.8, 4) is 0 Å². The lowest BCUT2D eigenvalue weighted by atomic mass is 10.1. The van der Waals surface area contributed by atoms with Gasteiger partial charge in [-0.25, -0.2) is 18.1 Å². The van der Waals surface area contributed by atoms with Crippen LogP contribution in [0, 0.1) is 6.92 Å². The molecular formula is C18H17F3N4O2S. The molecule has 1 N–H and O–H groups in total. The fraction of sp³-hybridized carbons (Fsp3) is 0.222. The molecule has 1 unspecified atom stereocenters. The van der Waals surface area contributed by atoms with Gasteiger partial charge in [0, 0.05) is 0 Å². The van der Waals surface area contributed by atoms with E-state index in [1.54, 1.807) is 30.3 Å². The molecule has 0 aliphatic carbocycles. The molecule has 0 fully saturated rings. The van der Waals surface area contributed by atoms with Crippen LogP contribution in [-0.2, 0) is 22.7 Å². The molecule has 0 amide bonds. The second kappa shape index (κ2) is 7.72. The maximum absolute atomic E-state index is 13.2. The van der Waals surface area contributed by atoms with Crippen molar-refractivity contribution in [2.24, 2.45) is 0 Å². The maximum Gasteiger partial charge on any atom is 0.416 e. The Balaban J connectivity index is 1.95. The van der Waals surface area contributed by atoms with Gasteiger partial charge in [0.25, 0.3) is 0 Å². The van der Waals surface area contributed by atoms with Crippen LogP contribution in [-0.4, -0.2) is 23.2 Å². The molecule has 0 saturated heterocycles. The molecule has 0 spiro atoms. The third-order valence-corrected chi connectivity index (χ3v) is 5.63. The molecule has 0 saturated carbocycles. The van der Waals surface area contributed by atoms with Gasteiger partial charge < -0.3 is 0 Å². The number of rotatable bonds is 6. The van der Waals surface area contributed by atoms with Crippen LogP contribution < -0.4 is 4.72 Å². The lowest BCUT2D eigenvalue weighted by molar-refractivity contribution is -0.138. The number of hydrogen-bond acceptors (Lipinski definition) is 4. The van der Waals surface area contributed by atoms with E-state index < -0.39 is 32.7 Å². The highest BCUT2D eigenvalue weighted by atomic mass is 32.2. The second-order valence-corrected chi connectivity index (χ2v) is 7.89. The van der Waals surface area contributed by atoms with E-state index in [0.717, 1.165) is 12.1 Å². The van der Waals surface area contributed by atoms with E-state index in [9.17, 15) is 21.6 Å². The van der Waals surface area contributed by atoms with Gasteiger partial charge in [0.15, 0.2) is 0 Å². The molecule has 1 aromatic heterocycles. The highest BCUT2D eigenvalue weighted by molar-refractivity contribution is 7.89. The van der Waals surface area contributed by atoms with Crippen molar-refractivity contribution in [3.05, 3.63) is 77.9 Å². The minimum Gasteiger partial charge on any atom is -0.251 e. The summed E-state index contributed by atoms with van der Waals surface area (Å²) in [5, 5.41) is 3.96. The van der Waals surface area contributed by atoms with Crippen LogP contribution in [0.25, 0.3) is 0 Å². The fourth-order valence-electron chi connectivity index (χ4n) is 2.74. The zero-order valence-electron chi connectivity index (χ0n) is 14.8. The van der Waals surface area contributed by atoms with Gasteiger partial charge >= 0.3 is 6.18 Å². The van der Waals surface area contributed by atoms with Gasteiger partial charge in [-0.3, -0.25) is 4.68 Å². The number of aryl methyl sites for hydroxylation is 1. The highest BCUT2D eigenvalue weighted by Crippen LogP contribution is 2.33. The lowest BCUT2D eigenvalue weighted by Crippen LogP contribution is -2.32. The average molecular weight is 410 g/mol. The fourth-order valence-corrected chi connectivity index (χ4v) is 3.98. The zero-order valence-corrected chi connectivity index (χ0v) is 15.6. The quantitative estimate of drug-likeness (QED) is 0.676. The van der Waals surface area contributed by atoms with Crippen LogP contribution >= 0.6 is 0 Å². The lowest BCUT2D eigenvalue weighted by Gasteiger charge is -2.20. The molecule has 0 aliphatic heterocycles. The summed E-state index contributed by atoms with van der Waals surface area (Å²) in [6.45, 7) is 1.41. The number of nitrogens with zero attached hydrogens (tertiary/aromatic N) is 3. The van der Waals surface area contributed by atoms with Crippen molar-refractivity contribution < 1.29 is 21.6 Å². The summed E-state index contributed by atoms with van der Waals surface area (Å²) in [5.74, 6) is 0. The molecule has 1 heterocycles. The molecule has 3 rings (SSSR count). The molecule has 10 heteroatoms. The Labute approximate surface area is 160 Å². The summed E-state index contributed by atoms with van der Waals surface area (Å²) in [6.07, 6.45) is -1.90. The predicted octanol–water partition coefficient (Wildman–Crippen LogP) is 3.33. The molecule has 3 aromatic rings. The van der Waals surface area contributed by atoms with Gasteiger partial charge in [-0.1, -0.05) is 36.4 Å². The Kier molecular flexibility index (Phi) is 5.52. The monoisotopic (exact) mass is 410 g/mol. The van der Waals surface area contributed by atoms with Gasteiger partial charge in [-0.05, 0) is 30.2 Å². The SMILES string of the molecule is Cc1ccc(S(=O)(=O)NC(Cn2cncn2)c2ccccc2)cc1C(F)(F)F. The van der Waals surface area contributed by atoms with Crippen LogP contribution in [0.4, 0.5) is 13.2 Å². The first-order valence-electron chi connectivity index (χ1n) is 8.24. The van der Waals surface area contributed by atoms with Crippen LogP contribution in [0.15, 0.2) is 66.1 Å². The first-order valence-corrected chi connectivity index (χ1v) is 9.73. The minimum absolute atomic E-state index is 0.0475. The Hall–Kier alpha value is -2.72. The van der Waals surface area contributed by atoms with Crippen LogP contribution in [0.5, 0.6) is 0 Å². The van der Waals surface area contributed by atoms with Gasteiger partial charge in [-0.2, -0.15) is 18.3 Å². The van der Waals surface area contributed by atoms with Gasteiger partial charge in [0.1, 0.15) is 12.7 Å². The summed E-state index contributed by atoms with van der Waals surface area (Å²) in [4.78, 5) is 3.37. The largest absolute Gasteiger partial charge is 0.416 e. The molecule has 0 bridgehead atoms. The second-order valence-electron chi connectivity index (χ2n) is 6.18. The first kappa shape index (κ1) is 20.0. The van der Waals surface area contributed by atoms with Crippen LogP contribution in [0.3, 0.4) is 0 Å². The van der Waals surface area contributed by atoms with E-state index in [1.165, 1.54) is 24.3 Å². The minimum atomic E-state index is -4.64. The number of halogens is 3. The number of hydrogen-bond donors (Lipinski definition) is 1. The number of sulfonamides is 1. The van der Waals surface area contributed by atoms with E-state index in [0.29, 0.717) is 11.6 Å². The normalized spacial score (nSPS) is 13.4. The summed E-state index contributed by atoms with van der Waals surface area (Å²) in [7, 11) is -4.22. The van der Waals surface area contributed by atoms with Crippen molar-refractivity contribution in [1.82, 2.24) is 19.5 Å². The van der Waals surface area contributed by atoms with Crippen LogP contribution in [0.1, 0.15) is 22.7 Å². The van der Waals surface area contributed by atoms with Crippen LogP contribution in [0.2, 0.25) is 0 Å². The van der Waals surface area contributed by atoms with Crippen molar-refractivity contribution >= 4 is 10.0 Å². The predicted molar refractivity (Wildman–Crippen MR) is 95.7 cm³/mol. The topological polar surface area (TPSA) is 76.9 Å². The number of benzene rings is 2. The maximum atomic E-state index is 13.2. The van der Waals surface area contributed by atoms with Crippen molar-refractivity contribution in [2.45, 2.75) is 30.6 Å². The van der Waals surface area contributed by atoms with E-state index in [2.05, 4.69) is 14.8 Å². The molecule has 28 heavy (non-hydrogen) atoms. The third-order valence-electron chi connectivity index (χ3n) is 4.16. The number of alkyl halides is 3. The van der Waals surface area contributed by atoms with Crippen molar-refractivity contribution in [1.29, 1.82) is 0 Å². The molecule has 0 radical (unpaired) electrons. The van der Waals surface area contributed by atoms with Gasteiger partial charge in [0.2, 0.25) is 10.0 Å². The number of nitrogens with one attached hydrogen (secondary N) is 1. The Morgan fingerprint density at radius 2 is 1.86 bits per heavy atom. The average Bonchev–Trinajstić information content (AvgIpc) is 3.14. The summed E-state index contributed by atoms with van der Waals surface area (Å²) < 4.78 is 69.0. The van der Waals surface area contributed by atoms with E-state index in [4.69, 9.17) is 0 Å². The Morgan fingerprint density at radius 3 is 2.46 bits per heavy atom. The smallest absolute Gasteiger partial charge is 0.251 e. The zero-order chi connectivity index (χ0) is 20.4. The van der Waals surface area contributed by atoms with E-state index in [1.807, 2.05) is 0 Å². The summed E-state index contributed by atoms with van der Waals surface area (Å²) in [5.41, 5.74) is -0.388. The van der Waals surface area contributed by atoms with E-state index >= 15 is 0 Å². The van der Waals surface area contributed by atoms with Crippen molar-refractivity contribution in [3.63, 3.8) is 0 Å². The molecule has 1 atom stereocenters. The molecule has 148 valence electrons. The summed E-state index contributed by atoms with van der Waals surface area (Å²) in [6, 6.07) is 10.9. The summed E-state index contributed by atoms with van der Waals surface area (Å²) >= 11 is 0. The Bertz CT molecular complexity index is 1040. The molecule has 0 aliphatic rings. The van der Waals surface area contributed by atoms with Crippen molar-refractivity contribution in [2.75, 3.05) is 0 Å². The highest BCUT2D eigenvalue weighted by Gasteiger charge is 2.34. The first-order chi connectivity index (χ1) is 13.2. The Morgan fingerprint density at radius 1 is 1.14 bits per heavy atom. The molecule has 6 nitrogen and oxygen atoms in total.